The highest BCUT2D eigenvalue weighted by atomic mass is 16.5. The van der Waals surface area contributed by atoms with Crippen LogP contribution in [0.1, 0.15) is 40.4 Å². The molecule has 1 aliphatic heterocycles. The first-order chi connectivity index (χ1) is 15.8. The first-order valence-corrected chi connectivity index (χ1v) is 10.3. The van der Waals surface area contributed by atoms with Gasteiger partial charge in [-0.1, -0.05) is 36.4 Å². The van der Waals surface area contributed by atoms with Crippen LogP contribution < -0.4 is 15.4 Å². The maximum absolute atomic E-state index is 11.7. The van der Waals surface area contributed by atoms with Crippen LogP contribution in [0.2, 0.25) is 0 Å². The Hall–Kier alpha value is -4.21. The van der Waals surface area contributed by atoms with Gasteiger partial charge in [-0.15, -0.1) is 5.10 Å². The van der Waals surface area contributed by atoms with Crippen LogP contribution in [-0.2, 0) is 22.4 Å². The third-order valence-corrected chi connectivity index (χ3v) is 4.93. The second-order valence-electron chi connectivity index (χ2n) is 7.38. The first-order valence-electron chi connectivity index (χ1n) is 10.3. The molecule has 2 amide bonds. The number of nitrogens with two attached hydrogens (primary N) is 1. The molecule has 1 aliphatic rings. The van der Waals surface area contributed by atoms with Crippen LogP contribution in [-0.4, -0.2) is 51.7 Å². The quantitative estimate of drug-likeness (QED) is 0.518. The fourth-order valence-corrected chi connectivity index (χ4v) is 3.18. The van der Waals surface area contributed by atoms with Crippen molar-refractivity contribution in [3.05, 3.63) is 71.3 Å². The summed E-state index contributed by atoms with van der Waals surface area (Å²) < 4.78 is 5.49. The molecule has 3 aromatic rings. The van der Waals surface area contributed by atoms with Gasteiger partial charge in [0.25, 0.3) is 5.91 Å². The fourth-order valence-electron chi connectivity index (χ4n) is 3.18. The summed E-state index contributed by atoms with van der Waals surface area (Å²) in [6.07, 6.45) is 1.50. The number of carboxylic acids is 1. The van der Waals surface area contributed by atoms with Crippen molar-refractivity contribution < 1.29 is 24.2 Å². The second-order valence-corrected chi connectivity index (χ2v) is 7.38. The molecular weight excluding hydrogens is 426 g/mol. The van der Waals surface area contributed by atoms with Gasteiger partial charge in [0.1, 0.15) is 11.6 Å². The number of amides is 2. The largest absolute Gasteiger partial charge is 0.491 e. The molecule has 2 aromatic carbocycles. The van der Waals surface area contributed by atoms with Crippen molar-refractivity contribution in [2.45, 2.75) is 25.7 Å². The number of nitrogens with one attached hydrogen (secondary N) is 1. The van der Waals surface area contributed by atoms with Crippen molar-refractivity contribution in [1.82, 2.24) is 15.2 Å². The van der Waals surface area contributed by atoms with Gasteiger partial charge in [0, 0.05) is 19.9 Å². The normalized spacial score (nSPS) is 12.6. The standard InChI is InChI=1S/C13H15NO4.C10H10N4O/c1-14-10-8-9(3-5-13(16)17)2-4-11(10)18-7-6-12(14)15;11-9(15)10-12-8(13-14-10)6-7-4-2-1-3-5-7/h2,4,8H,3,5-7H2,1H3,(H,16,17);1-5H,6H2,(H2,11,15)(H,12,13,14). The summed E-state index contributed by atoms with van der Waals surface area (Å²) in [6, 6.07) is 15.2. The Bertz CT molecular complexity index is 1130. The average Bonchev–Trinajstić information content (AvgIpc) is 3.22. The molecule has 0 spiro atoms. The zero-order chi connectivity index (χ0) is 23.8. The predicted molar refractivity (Wildman–Crippen MR) is 120 cm³/mol. The van der Waals surface area contributed by atoms with Crippen molar-refractivity contribution in [3.63, 3.8) is 0 Å². The highest BCUT2D eigenvalue weighted by molar-refractivity contribution is 5.95. The van der Waals surface area contributed by atoms with Gasteiger partial charge in [0.2, 0.25) is 11.7 Å². The van der Waals surface area contributed by atoms with E-state index in [0.717, 1.165) is 11.1 Å². The second kappa shape index (κ2) is 10.9. The summed E-state index contributed by atoms with van der Waals surface area (Å²) in [5.74, 6) is -0.112. The molecule has 2 heterocycles. The van der Waals surface area contributed by atoms with Crippen molar-refractivity contribution in [1.29, 1.82) is 0 Å². The molecule has 10 heteroatoms. The van der Waals surface area contributed by atoms with Crippen LogP contribution in [0.4, 0.5) is 5.69 Å². The van der Waals surface area contributed by atoms with E-state index in [-0.39, 0.29) is 18.2 Å². The summed E-state index contributed by atoms with van der Waals surface area (Å²) in [6.45, 7) is 0.380. The molecule has 4 N–H and O–H groups in total. The lowest BCUT2D eigenvalue weighted by atomic mass is 10.1. The molecule has 0 radical (unpaired) electrons. The van der Waals surface area contributed by atoms with Crippen molar-refractivity contribution in [3.8, 4) is 5.75 Å². The maximum Gasteiger partial charge on any atom is 0.303 e. The summed E-state index contributed by atoms with van der Waals surface area (Å²) >= 11 is 0. The lowest BCUT2D eigenvalue weighted by Gasteiger charge is -2.17. The van der Waals surface area contributed by atoms with Crippen molar-refractivity contribution in [2.24, 2.45) is 5.73 Å². The number of carbonyl (C=O) groups is 3. The van der Waals surface area contributed by atoms with Gasteiger partial charge in [-0.05, 0) is 29.7 Å². The van der Waals surface area contributed by atoms with Gasteiger partial charge in [-0.3, -0.25) is 19.5 Å². The third-order valence-electron chi connectivity index (χ3n) is 4.93. The number of H-pyrrole nitrogens is 1. The van der Waals surface area contributed by atoms with E-state index < -0.39 is 11.9 Å². The first kappa shape index (κ1) is 23.5. The Kier molecular flexibility index (Phi) is 7.74. The molecule has 0 unspecified atom stereocenters. The van der Waals surface area contributed by atoms with E-state index in [1.54, 1.807) is 18.0 Å². The summed E-state index contributed by atoms with van der Waals surface area (Å²) in [7, 11) is 1.71. The van der Waals surface area contributed by atoms with E-state index in [9.17, 15) is 14.4 Å². The molecule has 10 nitrogen and oxygen atoms in total. The highest BCUT2D eigenvalue weighted by Gasteiger charge is 2.20. The molecule has 33 heavy (non-hydrogen) atoms. The van der Waals surface area contributed by atoms with E-state index in [0.29, 0.717) is 43.1 Å². The molecule has 0 saturated heterocycles. The van der Waals surface area contributed by atoms with Crippen LogP contribution in [0.5, 0.6) is 5.75 Å². The number of aryl methyl sites for hydroxylation is 1. The molecular formula is C23H25N5O5. The number of benzene rings is 2. The number of aliphatic carboxylic acids is 1. The molecule has 0 aliphatic carbocycles. The Morgan fingerprint density at radius 3 is 2.61 bits per heavy atom. The number of rotatable bonds is 6. The number of primary amides is 1. The Morgan fingerprint density at radius 2 is 1.94 bits per heavy atom. The van der Waals surface area contributed by atoms with Gasteiger partial charge in [0.15, 0.2) is 0 Å². The zero-order valence-electron chi connectivity index (χ0n) is 18.2. The number of fused-ring (bicyclic) bond motifs is 1. The van der Waals surface area contributed by atoms with Crippen LogP contribution in [0.25, 0.3) is 0 Å². The number of hydrogen-bond donors (Lipinski definition) is 3. The lowest BCUT2D eigenvalue weighted by Crippen LogP contribution is -2.25. The van der Waals surface area contributed by atoms with E-state index >= 15 is 0 Å². The lowest BCUT2D eigenvalue weighted by molar-refractivity contribution is -0.137. The summed E-state index contributed by atoms with van der Waals surface area (Å²) in [5, 5.41) is 15.0. The van der Waals surface area contributed by atoms with Gasteiger partial charge in [-0.2, -0.15) is 0 Å². The Balaban J connectivity index is 0.000000189. The number of carbonyl (C=O) groups excluding carboxylic acids is 2. The monoisotopic (exact) mass is 451 g/mol. The number of carboxylic acid groups (broad SMARTS) is 1. The van der Waals surface area contributed by atoms with Crippen LogP contribution in [0.15, 0.2) is 48.5 Å². The van der Waals surface area contributed by atoms with Crippen LogP contribution in [0.3, 0.4) is 0 Å². The van der Waals surface area contributed by atoms with E-state index in [1.807, 2.05) is 42.5 Å². The van der Waals surface area contributed by atoms with Gasteiger partial charge in [0.05, 0.1) is 18.7 Å². The number of aromatic amines is 1. The number of anilines is 1. The number of hydrogen-bond acceptors (Lipinski definition) is 6. The Labute approximate surface area is 190 Å². The maximum atomic E-state index is 11.7. The van der Waals surface area contributed by atoms with E-state index in [4.69, 9.17) is 15.6 Å². The minimum absolute atomic E-state index is 0.00383. The molecule has 0 saturated carbocycles. The smallest absolute Gasteiger partial charge is 0.303 e. The van der Waals surface area contributed by atoms with Crippen LogP contribution in [0, 0.1) is 0 Å². The summed E-state index contributed by atoms with van der Waals surface area (Å²) in [4.78, 5) is 38.5. The topological polar surface area (TPSA) is 152 Å². The molecule has 172 valence electrons. The van der Waals surface area contributed by atoms with Gasteiger partial charge >= 0.3 is 5.97 Å². The minimum Gasteiger partial charge on any atom is -0.491 e. The summed E-state index contributed by atoms with van der Waals surface area (Å²) in [5.41, 5.74) is 7.74. The number of nitrogens with zero attached hydrogens (tertiary/aromatic N) is 3. The van der Waals surface area contributed by atoms with Gasteiger partial charge in [-0.25, -0.2) is 4.98 Å². The van der Waals surface area contributed by atoms with E-state index in [2.05, 4.69) is 15.2 Å². The minimum atomic E-state index is -0.828. The third kappa shape index (κ3) is 6.63. The number of ether oxygens (including phenoxy) is 1. The molecule has 0 bridgehead atoms. The van der Waals surface area contributed by atoms with Crippen molar-refractivity contribution >= 4 is 23.5 Å². The SMILES string of the molecule is CN1C(=O)CCOc2ccc(CCC(=O)O)cc21.NC(=O)c1n[nH]c(Cc2ccccc2)n1. The fraction of sp³-hybridized carbons (Fsp3) is 0.261. The molecule has 4 rings (SSSR count). The van der Waals surface area contributed by atoms with Crippen LogP contribution >= 0.6 is 0 Å². The van der Waals surface area contributed by atoms with Gasteiger partial charge < -0.3 is 20.5 Å². The molecule has 0 fully saturated rings. The Morgan fingerprint density at radius 1 is 1.18 bits per heavy atom. The predicted octanol–water partition coefficient (Wildman–Crippen LogP) is 1.94. The zero-order valence-corrected chi connectivity index (χ0v) is 18.2. The average molecular weight is 451 g/mol. The number of aromatic nitrogens is 3. The van der Waals surface area contributed by atoms with Crippen molar-refractivity contribution in [2.75, 3.05) is 18.6 Å². The molecule has 0 atom stereocenters. The highest BCUT2D eigenvalue weighted by Crippen LogP contribution is 2.31. The van der Waals surface area contributed by atoms with E-state index in [1.165, 1.54) is 0 Å². The molecule has 1 aromatic heterocycles.